The summed E-state index contributed by atoms with van der Waals surface area (Å²) in [6.07, 6.45) is 4.71. The van der Waals surface area contributed by atoms with Crippen LogP contribution in [0.2, 0.25) is 0 Å². The van der Waals surface area contributed by atoms with Gasteiger partial charge in [-0.3, -0.25) is 14.5 Å². The quantitative estimate of drug-likeness (QED) is 0.748. The van der Waals surface area contributed by atoms with Gasteiger partial charge in [-0.05, 0) is 12.1 Å². The fourth-order valence-electron chi connectivity index (χ4n) is 1.77. The van der Waals surface area contributed by atoms with Gasteiger partial charge in [0, 0.05) is 11.8 Å². The third-order valence-corrected chi connectivity index (χ3v) is 2.65. The topological polar surface area (TPSA) is 75.6 Å². The fraction of sp³-hybridized carbons (Fsp3) is 0. The van der Waals surface area contributed by atoms with Gasteiger partial charge in [0.05, 0.1) is 18.7 Å². The van der Waals surface area contributed by atoms with Crippen molar-refractivity contribution >= 4 is 11.7 Å². The molecule has 6 nitrogen and oxygen atoms in total. The van der Waals surface area contributed by atoms with Crippen LogP contribution < -0.4 is 5.32 Å². The molecule has 0 saturated carbocycles. The zero-order valence-electron chi connectivity index (χ0n) is 9.95. The molecule has 0 aliphatic heterocycles. The average Bonchev–Trinajstić information content (AvgIpc) is 3.10. The zero-order valence-corrected chi connectivity index (χ0v) is 9.95. The zero-order chi connectivity index (χ0) is 13.1. The van der Waals surface area contributed by atoms with E-state index in [0.717, 1.165) is 5.69 Å². The first kappa shape index (κ1) is 11.2. The van der Waals surface area contributed by atoms with Crippen molar-refractivity contribution in [3.05, 3.63) is 60.8 Å². The molecule has 2 heterocycles. The lowest BCUT2D eigenvalue weighted by Crippen LogP contribution is -2.16. The van der Waals surface area contributed by atoms with Gasteiger partial charge in [-0.15, -0.1) is 0 Å². The standard InChI is InChI=1S/C13H11N5O/c19-13(16-12-6-7-15-17-12)11-8-14-9-18(11)10-4-2-1-3-5-10/h1-9H,(H2,15,16,17,19). The molecule has 6 heteroatoms. The minimum atomic E-state index is -0.245. The van der Waals surface area contributed by atoms with E-state index < -0.39 is 0 Å². The number of carbonyl (C=O) groups is 1. The Bertz CT molecular complexity index is 672. The normalized spacial score (nSPS) is 10.3. The van der Waals surface area contributed by atoms with Crippen LogP contribution >= 0.6 is 0 Å². The lowest BCUT2D eigenvalue weighted by Gasteiger charge is -2.07. The molecule has 94 valence electrons. The second kappa shape index (κ2) is 4.77. The van der Waals surface area contributed by atoms with Crippen LogP contribution in [0.15, 0.2) is 55.1 Å². The number of nitrogens with one attached hydrogen (secondary N) is 2. The number of aromatic nitrogens is 4. The van der Waals surface area contributed by atoms with Gasteiger partial charge in [-0.2, -0.15) is 5.10 Å². The molecule has 0 unspecified atom stereocenters. The molecule has 2 N–H and O–H groups in total. The molecule has 0 spiro atoms. The Hall–Kier alpha value is -2.89. The summed E-state index contributed by atoms with van der Waals surface area (Å²) in [5.74, 6) is 0.302. The van der Waals surface area contributed by atoms with Crippen molar-refractivity contribution in [3.8, 4) is 5.69 Å². The number of anilines is 1. The number of aromatic amines is 1. The minimum absolute atomic E-state index is 0.245. The first-order chi connectivity index (χ1) is 9.34. The second-order valence-corrected chi connectivity index (χ2v) is 3.91. The Kier molecular flexibility index (Phi) is 2.82. The van der Waals surface area contributed by atoms with Crippen LogP contribution in [0.1, 0.15) is 10.5 Å². The predicted molar refractivity (Wildman–Crippen MR) is 70.1 cm³/mol. The van der Waals surface area contributed by atoms with Gasteiger partial charge >= 0.3 is 0 Å². The molecule has 0 bridgehead atoms. The predicted octanol–water partition coefficient (Wildman–Crippen LogP) is 1.85. The van der Waals surface area contributed by atoms with E-state index in [1.807, 2.05) is 30.3 Å². The number of para-hydroxylation sites is 1. The maximum atomic E-state index is 12.1. The SMILES string of the molecule is O=C(Nc1ccn[nH]1)c1cncn1-c1ccccc1. The Morgan fingerprint density at radius 3 is 2.79 bits per heavy atom. The van der Waals surface area contributed by atoms with Crippen LogP contribution in [0, 0.1) is 0 Å². The Morgan fingerprint density at radius 2 is 2.05 bits per heavy atom. The molecule has 0 atom stereocenters. The lowest BCUT2D eigenvalue weighted by atomic mass is 10.3. The number of hydrogen-bond donors (Lipinski definition) is 2. The van der Waals surface area contributed by atoms with Gasteiger partial charge in [0.1, 0.15) is 11.5 Å². The highest BCUT2D eigenvalue weighted by atomic mass is 16.2. The van der Waals surface area contributed by atoms with Crippen molar-refractivity contribution in [2.45, 2.75) is 0 Å². The minimum Gasteiger partial charge on any atom is -0.306 e. The number of H-pyrrole nitrogens is 1. The van der Waals surface area contributed by atoms with E-state index in [2.05, 4.69) is 20.5 Å². The number of nitrogens with zero attached hydrogens (tertiary/aromatic N) is 3. The number of benzene rings is 1. The molecule has 0 aliphatic carbocycles. The van der Waals surface area contributed by atoms with E-state index in [1.54, 1.807) is 23.2 Å². The summed E-state index contributed by atoms with van der Waals surface area (Å²) in [4.78, 5) is 16.2. The number of carbonyl (C=O) groups excluding carboxylic acids is 1. The highest BCUT2D eigenvalue weighted by molar-refractivity contribution is 6.02. The van der Waals surface area contributed by atoms with Gasteiger partial charge in [0.2, 0.25) is 0 Å². The van der Waals surface area contributed by atoms with Crippen LogP contribution in [-0.2, 0) is 0 Å². The Morgan fingerprint density at radius 1 is 1.21 bits per heavy atom. The van der Waals surface area contributed by atoms with Crippen LogP contribution in [-0.4, -0.2) is 25.7 Å². The van der Waals surface area contributed by atoms with Crippen molar-refractivity contribution < 1.29 is 4.79 Å². The fourth-order valence-corrected chi connectivity index (χ4v) is 1.77. The Balaban J connectivity index is 1.90. The first-order valence-electron chi connectivity index (χ1n) is 5.73. The molecule has 0 radical (unpaired) electrons. The van der Waals surface area contributed by atoms with E-state index in [-0.39, 0.29) is 5.91 Å². The van der Waals surface area contributed by atoms with Crippen molar-refractivity contribution in [2.24, 2.45) is 0 Å². The summed E-state index contributed by atoms with van der Waals surface area (Å²) in [6, 6.07) is 11.2. The van der Waals surface area contributed by atoms with E-state index in [4.69, 9.17) is 0 Å². The maximum absolute atomic E-state index is 12.1. The molecule has 2 aromatic heterocycles. The Labute approximate surface area is 109 Å². The lowest BCUT2D eigenvalue weighted by molar-refractivity contribution is 0.102. The van der Waals surface area contributed by atoms with Crippen LogP contribution in [0.4, 0.5) is 5.82 Å². The summed E-state index contributed by atoms with van der Waals surface area (Å²) in [6.45, 7) is 0. The van der Waals surface area contributed by atoms with E-state index in [0.29, 0.717) is 11.5 Å². The molecule has 1 aromatic carbocycles. The van der Waals surface area contributed by atoms with Crippen LogP contribution in [0.25, 0.3) is 5.69 Å². The molecule has 0 fully saturated rings. The van der Waals surface area contributed by atoms with Crippen molar-refractivity contribution in [1.29, 1.82) is 0 Å². The summed E-state index contributed by atoms with van der Waals surface area (Å²) >= 11 is 0. The molecule has 3 aromatic rings. The first-order valence-corrected chi connectivity index (χ1v) is 5.73. The summed E-state index contributed by atoms with van der Waals surface area (Å²) in [7, 11) is 0. The highest BCUT2D eigenvalue weighted by Crippen LogP contribution is 2.12. The van der Waals surface area contributed by atoms with Gasteiger partial charge in [-0.25, -0.2) is 4.98 Å². The van der Waals surface area contributed by atoms with Gasteiger partial charge in [0.15, 0.2) is 0 Å². The summed E-state index contributed by atoms with van der Waals surface area (Å²) in [5.41, 5.74) is 1.34. The monoisotopic (exact) mass is 253 g/mol. The summed E-state index contributed by atoms with van der Waals surface area (Å²) < 4.78 is 1.73. The maximum Gasteiger partial charge on any atom is 0.275 e. The van der Waals surface area contributed by atoms with Crippen molar-refractivity contribution in [3.63, 3.8) is 0 Å². The van der Waals surface area contributed by atoms with E-state index >= 15 is 0 Å². The second-order valence-electron chi connectivity index (χ2n) is 3.91. The third-order valence-electron chi connectivity index (χ3n) is 2.65. The van der Waals surface area contributed by atoms with Crippen molar-refractivity contribution in [1.82, 2.24) is 19.7 Å². The number of rotatable bonds is 3. The van der Waals surface area contributed by atoms with Gasteiger partial charge in [-0.1, -0.05) is 18.2 Å². The third kappa shape index (κ3) is 2.23. The highest BCUT2D eigenvalue weighted by Gasteiger charge is 2.13. The molecule has 19 heavy (non-hydrogen) atoms. The number of hydrogen-bond acceptors (Lipinski definition) is 3. The average molecular weight is 253 g/mol. The van der Waals surface area contributed by atoms with Gasteiger partial charge < -0.3 is 5.32 Å². The van der Waals surface area contributed by atoms with E-state index in [1.165, 1.54) is 6.20 Å². The smallest absolute Gasteiger partial charge is 0.275 e. The number of amides is 1. The van der Waals surface area contributed by atoms with Crippen LogP contribution in [0.3, 0.4) is 0 Å². The van der Waals surface area contributed by atoms with Crippen LogP contribution in [0.5, 0.6) is 0 Å². The van der Waals surface area contributed by atoms with Crippen molar-refractivity contribution in [2.75, 3.05) is 5.32 Å². The number of imidazole rings is 1. The molecule has 3 rings (SSSR count). The molecular weight excluding hydrogens is 242 g/mol. The van der Waals surface area contributed by atoms with E-state index in [9.17, 15) is 4.79 Å². The van der Waals surface area contributed by atoms with Gasteiger partial charge in [0.25, 0.3) is 5.91 Å². The largest absolute Gasteiger partial charge is 0.306 e. The molecule has 1 amide bonds. The summed E-state index contributed by atoms with van der Waals surface area (Å²) in [5, 5.41) is 9.17. The molecule has 0 aliphatic rings. The molecule has 0 saturated heterocycles. The molecular formula is C13H11N5O.